The van der Waals surface area contributed by atoms with Crippen LogP contribution in [0.15, 0.2) is 35.7 Å². The topological polar surface area (TPSA) is 76.7 Å². The SMILES string of the molecule is COC(=O)c1sccc1NC(=O)NCc1ccccc1OC. The minimum Gasteiger partial charge on any atom is -0.496 e. The number of rotatable bonds is 5. The molecule has 0 aliphatic carbocycles. The first-order valence-electron chi connectivity index (χ1n) is 6.48. The van der Waals surface area contributed by atoms with Crippen molar-refractivity contribution in [1.29, 1.82) is 0 Å². The Morgan fingerprint density at radius 1 is 1.18 bits per heavy atom. The van der Waals surface area contributed by atoms with Crippen LogP contribution in [-0.2, 0) is 11.3 Å². The molecular weight excluding hydrogens is 304 g/mol. The van der Waals surface area contributed by atoms with Gasteiger partial charge in [0.25, 0.3) is 0 Å². The van der Waals surface area contributed by atoms with E-state index in [4.69, 9.17) is 4.74 Å². The van der Waals surface area contributed by atoms with E-state index in [1.807, 2.05) is 24.3 Å². The minimum atomic E-state index is -0.477. The van der Waals surface area contributed by atoms with Crippen molar-refractivity contribution in [2.75, 3.05) is 19.5 Å². The van der Waals surface area contributed by atoms with Crippen LogP contribution in [0.1, 0.15) is 15.2 Å². The molecule has 116 valence electrons. The second-order valence-electron chi connectivity index (χ2n) is 4.27. The van der Waals surface area contributed by atoms with Crippen molar-refractivity contribution in [3.63, 3.8) is 0 Å². The fourth-order valence-corrected chi connectivity index (χ4v) is 2.62. The summed E-state index contributed by atoms with van der Waals surface area (Å²) in [5.74, 6) is 0.226. The minimum absolute atomic E-state index is 0.313. The number of esters is 1. The van der Waals surface area contributed by atoms with Crippen molar-refractivity contribution in [3.05, 3.63) is 46.2 Å². The van der Waals surface area contributed by atoms with Gasteiger partial charge in [-0.05, 0) is 17.5 Å². The smallest absolute Gasteiger partial charge is 0.350 e. The summed E-state index contributed by atoms with van der Waals surface area (Å²) in [6.07, 6.45) is 0. The first-order valence-corrected chi connectivity index (χ1v) is 7.36. The molecule has 0 aliphatic rings. The number of thiophene rings is 1. The fraction of sp³-hybridized carbons (Fsp3) is 0.200. The van der Waals surface area contributed by atoms with E-state index in [1.54, 1.807) is 18.6 Å². The highest BCUT2D eigenvalue weighted by Gasteiger charge is 2.15. The number of amides is 2. The van der Waals surface area contributed by atoms with Gasteiger partial charge in [-0.2, -0.15) is 0 Å². The lowest BCUT2D eigenvalue weighted by Crippen LogP contribution is -2.28. The third kappa shape index (κ3) is 3.76. The van der Waals surface area contributed by atoms with Crippen molar-refractivity contribution in [3.8, 4) is 5.75 Å². The summed E-state index contributed by atoms with van der Waals surface area (Å²) >= 11 is 1.21. The van der Waals surface area contributed by atoms with Crippen molar-refractivity contribution in [1.82, 2.24) is 5.32 Å². The van der Waals surface area contributed by atoms with Gasteiger partial charge in [0, 0.05) is 12.1 Å². The molecule has 2 aromatic rings. The number of urea groups is 1. The molecule has 0 atom stereocenters. The lowest BCUT2D eigenvalue weighted by Gasteiger charge is -2.10. The number of carbonyl (C=O) groups excluding carboxylic acids is 2. The van der Waals surface area contributed by atoms with Crippen molar-refractivity contribution in [2.24, 2.45) is 0 Å². The molecule has 0 aliphatic heterocycles. The zero-order chi connectivity index (χ0) is 15.9. The Balaban J connectivity index is 1.96. The van der Waals surface area contributed by atoms with E-state index in [0.29, 0.717) is 22.9 Å². The second kappa shape index (κ2) is 7.46. The van der Waals surface area contributed by atoms with Crippen LogP contribution in [0.3, 0.4) is 0 Å². The summed E-state index contributed by atoms with van der Waals surface area (Å²) in [6.45, 7) is 0.313. The number of anilines is 1. The summed E-state index contributed by atoms with van der Waals surface area (Å²) in [4.78, 5) is 23.8. The predicted octanol–water partition coefficient (Wildman–Crippen LogP) is 2.87. The van der Waals surface area contributed by atoms with E-state index in [9.17, 15) is 9.59 Å². The fourth-order valence-electron chi connectivity index (χ4n) is 1.85. The van der Waals surface area contributed by atoms with E-state index in [2.05, 4.69) is 15.4 Å². The van der Waals surface area contributed by atoms with Crippen molar-refractivity contribution in [2.45, 2.75) is 6.54 Å². The molecule has 22 heavy (non-hydrogen) atoms. The van der Waals surface area contributed by atoms with Crippen LogP contribution >= 0.6 is 11.3 Å². The lowest BCUT2D eigenvalue weighted by molar-refractivity contribution is 0.0607. The maximum atomic E-state index is 11.9. The van der Waals surface area contributed by atoms with Gasteiger partial charge in [-0.1, -0.05) is 18.2 Å². The molecule has 0 spiro atoms. The molecule has 1 aromatic heterocycles. The number of carbonyl (C=O) groups is 2. The van der Waals surface area contributed by atoms with Crippen LogP contribution in [0.25, 0.3) is 0 Å². The molecule has 0 saturated heterocycles. The highest BCUT2D eigenvalue weighted by Crippen LogP contribution is 2.23. The summed E-state index contributed by atoms with van der Waals surface area (Å²) in [5.41, 5.74) is 1.29. The van der Waals surface area contributed by atoms with E-state index in [-0.39, 0.29) is 0 Å². The third-order valence-corrected chi connectivity index (χ3v) is 3.81. The lowest BCUT2D eigenvalue weighted by atomic mass is 10.2. The molecule has 0 bridgehead atoms. The number of benzene rings is 1. The number of hydrogen-bond donors (Lipinski definition) is 2. The van der Waals surface area contributed by atoms with Crippen LogP contribution in [0, 0.1) is 0 Å². The van der Waals surface area contributed by atoms with Gasteiger partial charge in [0.05, 0.1) is 19.9 Å². The molecule has 0 fully saturated rings. The first kappa shape index (κ1) is 15.8. The van der Waals surface area contributed by atoms with Gasteiger partial charge in [-0.3, -0.25) is 0 Å². The highest BCUT2D eigenvalue weighted by atomic mass is 32.1. The van der Waals surface area contributed by atoms with Crippen LogP contribution < -0.4 is 15.4 Å². The van der Waals surface area contributed by atoms with Gasteiger partial charge in [0.1, 0.15) is 10.6 Å². The zero-order valence-corrected chi connectivity index (χ0v) is 13.0. The molecule has 0 radical (unpaired) electrons. The molecular formula is C15H16N2O4S. The van der Waals surface area contributed by atoms with Crippen molar-refractivity contribution < 1.29 is 19.1 Å². The molecule has 2 rings (SSSR count). The molecule has 1 heterocycles. The average molecular weight is 320 g/mol. The Kier molecular flexibility index (Phi) is 5.37. The predicted molar refractivity (Wildman–Crippen MR) is 84.5 cm³/mol. The van der Waals surface area contributed by atoms with Gasteiger partial charge in [0.15, 0.2) is 0 Å². The van der Waals surface area contributed by atoms with Crippen molar-refractivity contribution >= 4 is 29.0 Å². The Bertz CT molecular complexity index is 669. The summed E-state index contributed by atoms with van der Waals surface area (Å²) in [6, 6.07) is 8.66. The Morgan fingerprint density at radius 2 is 1.95 bits per heavy atom. The number of nitrogens with one attached hydrogen (secondary N) is 2. The Morgan fingerprint density at radius 3 is 2.68 bits per heavy atom. The van der Waals surface area contributed by atoms with Gasteiger partial charge in [-0.25, -0.2) is 9.59 Å². The van der Waals surface area contributed by atoms with E-state index >= 15 is 0 Å². The van der Waals surface area contributed by atoms with Gasteiger partial charge < -0.3 is 20.1 Å². The second-order valence-corrected chi connectivity index (χ2v) is 5.19. The highest BCUT2D eigenvalue weighted by molar-refractivity contribution is 7.12. The van der Waals surface area contributed by atoms with E-state index in [1.165, 1.54) is 18.4 Å². The monoisotopic (exact) mass is 320 g/mol. The summed E-state index contributed by atoms with van der Waals surface area (Å²) in [7, 11) is 2.88. The van der Waals surface area contributed by atoms with E-state index in [0.717, 1.165) is 5.56 Å². The van der Waals surface area contributed by atoms with Crippen LogP contribution in [0.2, 0.25) is 0 Å². The molecule has 7 heteroatoms. The standard InChI is InChI=1S/C15H16N2O4S/c1-20-12-6-4-3-5-10(12)9-16-15(19)17-11-7-8-22-13(11)14(18)21-2/h3-8H,9H2,1-2H3,(H2,16,17,19). The summed E-state index contributed by atoms with van der Waals surface area (Å²) < 4.78 is 9.88. The quantitative estimate of drug-likeness (QED) is 0.831. The maximum Gasteiger partial charge on any atom is 0.350 e. The van der Waals surface area contributed by atoms with Crippen LogP contribution in [0.4, 0.5) is 10.5 Å². The molecule has 2 amide bonds. The normalized spacial score (nSPS) is 9.91. The number of methoxy groups -OCH3 is 2. The van der Waals surface area contributed by atoms with Crippen LogP contribution in [0.5, 0.6) is 5.75 Å². The molecule has 0 unspecified atom stereocenters. The maximum absolute atomic E-state index is 11.9. The van der Waals surface area contributed by atoms with Gasteiger partial charge >= 0.3 is 12.0 Å². The van der Waals surface area contributed by atoms with Gasteiger partial charge in [0.2, 0.25) is 0 Å². The Hall–Kier alpha value is -2.54. The number of ether oxygens (including phenoxy) is 2. The Labute approximate surface area is 132 Å². The van der Waals surface area contributed by atoms with E-state index < -0.39 is 12.0 Å². The first-order chi connectivity index (χ1) is 10.7. The molecule has 1 aromatic carbocycles. The largest absolute Gasteiger partial charge is 0.496 e. The average Bonchev–Trinajstić information content (AvgIpc) is 3.00. The zero-order valence-electron chi connectivity index (χ0n) is 12.2. The molecule has 6 nitrogen and oxygen atoms in total. The van der Waals surface area contributed by atoms with Crippen LogP contribution in [-0.4, -0.2) is 26.2 Å². The summed E-state index contributed by atoms with van der Waals surface area (Å²) in [5, 5.41) is 7.06. The third-order valence-electron chi connectivity index (χ3n) is 2.92. The molecule has 0 saturated carbocycles. The van der Waals surface area contributed by atoms with Gasteiger partial charge in [-0.15, -0.1) is 11.3 Å². The molecule has 2 N–H and O–H groups in total. The number of hydrogen-bond acceptors (Lipinski definition) is 5. The number of para-hydroxylation sites is 1.